The molecule has 14 nitrogen and oxygen atoms in total. The van der Waals surface area contributed by atoms with Crippen molar-refractivity contribution in [1.82, 2.24) is 5.32 Å². The van der Waals surface area contributed by atoms with Gasteiger partial charge in [0.2, 0.25) is 5.91 Å². The average molecular weight is 1410 g/mol. The van der Waals surface area contributed by atoms with Crippen molar-refractivity contribution in [3.63, 3.8) is 0 Å². The SMILES string of the molecule is CC/C=C\C/C=C\C/C=C\C/C=C\C/C=C\C/C=C\C/C=C\CCCCCCCCCCCCCC(=O)NC(COC1OC(CO)C(OC2OC(CO)C(O)C(O)C2O)C(O)C1O)C(O)/C=C/CC/C=C/CC/C=C/CCCCCCCCCCCCCCCCCCCCCCCCC. The second-order valence-corrected chi connectivity index (χ2v) is 28.1. The molecule has 14 heteroatoms. The average Bonchev–Trinajstić information content (AvgIpc) is 0.791. The van der Waals surface area contributed by atoms with Gasteiger partial charge in [-0.1, -0.05) is 334 Å². The number of unbranched alkanes of at least 4 members (excludes halogenated alkanes) is 36. The van der Waals surface area contributed by atoms with Crippen molar-refractivity contribution in [1.29, 1.82) is 0 Å². The Morgan fingerprint density at radius 1 is 0.370 bits per heavy atom. The van der Waals surface area contributed by atoms with Crippen LogP contribution < -0.4 is 5.32 Å². The highest BCUT2D eigenvalue weighted by atomic mass is 16.7. The Balaban J connectivity index is 1.65. The molecule has 2 rings (SSSR count). The zero-order valence-electron chi connectivity index (χ0n) is 63.2. The van der Waals surface area contributed by atoms with Gasteiger partial charge in [-0.2, -0.15) is 0 Å². The lowest BCUT2D eigenvalue weighted by molar-refractivity contribution is -0.359. The van der Waals surface area contributed by atoms with E-state index in [0.717, 1.165) is 96.3 Å². The number of rotatable bonds is 67. The second kappa shape index (κ2) is 68.5. The van der Waals surface area contributed by atoms with Gasteiger partial charge in [0.05, 0.1) is 32.0 Å². The fourth-order valence-electron chi connectivity index (χ4n) is 12.7. The molecule has 0 aromatic heterocycles. The largest absolute Gasteiger partial charge is 0.394 e. The summed E-state index contributed by atoms with van der Waals surface area (Å²) in [4.78, 5) is 13.4. The lowest BCUT2D eigenvalue weighted by atomic mass is 9.97. The molecule has 1 amide bonds. The highest BCUT2D eigenvalue weighted by Crippen LogP contribution is 2.30. The third-order valence-corrected chi connectivity index (χ3v) is 19.1. The van der Waals surface area contributed by atoms with E-state index in [1.165, 1.54) is 193 Å². The normalized spacial score (nSPS) is 22.5. The molecule has 0 aliphatic carbocycles. The molecule has 12 atom stereocenters. The van der Waals surface area contributed by atoms with Crippen LogP contribution in [0.5, 0.6) is 0 Å². The maximum atomic E-state index is 13.4. The van der Waals surface area contributed by atoms with E-state index in [2.05, 4.69) is 129 Å². The van der Waals surface area contributed by atoms with Gasteiger partial charge in [-0.15, -0.1) is 0 Å². The topological polar surface area (TPSA) is 228 Å². The minimum Gasteiger partial charge on any atom is -0.394 e. The van der Waals surface area contributed by atoms with Crippen molar-refractivity contribution in [3.05, 3.63) is 122 Å². The van der Waals surface area contributed by atoms with Crippen molar-refractivity contribution < 1.29 is 64.6 Å². The van der Waals surface area contributed by atoms with Gasteiger partial charge in [-0.25, -0.2) is 0 Å². The first-order valence-electron chi connectivity index (χ1n) is 40.8. The highest BCUT2D eigenvalue weighted by molar-refractivity contribution is 5.76. The van der Waals surface area contributed by atoms with E-state index in [0.29, 0.717) is 12.8 Å². The molecule has 0 radical (unpaired) electrons. The molecule has 0 spiro atoms. The van der Waals surface area contributed by atoms with Crippen LogP contribution in [0.2, 0.25) is 0 Å². The number of carbonyl (C=O) groups is 1. The Hall–Kier alpha value is -3.61. The van der Waals surface area contributed by atoms with E-state index in [-0.39, 0.29) is 18.9 Å². The molecule has 0 bridgehead atoms. The van der Waals surface area contributed by atoms with E-state index in [9.17, 15) is 45.6 Å². The smallest absolute Gasteiger partial charge is 0.220 e. The molecule has 576 valence electrons. The van der Waals surface area contributed by atoms with Crippen molar-refractivity contribution in [2.24, 2.45) is 0 Å². The van der Waals surface area contributed by atoms with E-state index in [4.69, 9.17) is 18.9 Å². The van der Waals surface area contributed by atoms with Crippen LogP contribution in [-0.2, 0) is 23.7 Å². The predicted molar refractivity (Wildman–Crippen MR) is 415 cm³/mol. The van der Waals surface area contributed by atoms with E-state index < -0.39 is 86.8 Å². The van der Waals surface area contributed by atoms with E-state index >= 15 is 0 Å². The molecular formula is C86H149NO13. The van der Waals surface area contributed by atoms with Gasteiger partial charge < -0.3 is 65.1 Å². The molecule has 9 N–H and O–H groups in total. The highest BCUT2D eigenvalue weighted by Gasteiger charge is 2.51. The van der Waals surface area contributed by atoms with E-state index in [1.807, 2.05) is 6.08 Å². The lowest BCUT2D eigenvalue weighted by Crippen LogP contribution is -2.65. The Labute approximate surface area is 609 Å². The summed E-state index contributed by atoms with van der Waals surface area (Å²) in [5.74, 6) is -0.258. The second-order valence-electron chi connectivity index (χ2n) is 28.1. The summed E-state index contributed by atoms with van der Waals surface area (Å²) in [6.45, 7) is 2.69. The fraction of sp³-hybridized carbons (Fsp3) is 0.756. The van der Waals surface area contributed by atoms with Crippen molar-refractivity contribution in [2.45, 2.75) is 396 Å². The Morgan fingerprint density at radius 3 is 1.10 bits per heavy atom. The van der Waals surface area contributed by atoms with Crippen LogP contribution in [-0.4, -0.2) is 140 Å². The van der Waals surface area contributed by atoms with Crippen LogP contribution in [0.3, 0.4) is 0 Å². The quantitative estimate of drug-likeness (QED) is 0.0204. The maximum Gasteiger partial charge on any atom is 0.220 e. The van der Waals surface area contributed by atoms with Crippen molar-refractivity contribution >= 4 is 5.91 Å². The van der Waals surface area contributed by atoms with Crippen molar-refractivity contribution in [2.75, 3.05) is 19.8 Å². The van der Waals surface area contributed by atoms with Crippen LogP contribution in [0.1, 0.15) is 322 Å². The number of allylic oxidation sites excluding steroid dienone is 19. The van der Waals surface area contributed by atoms with Gasteiger partial charge in [-0.3, -0.25) is 4.79 Å². The zero-order valence-corrected chi connectivity index (χ0v) is 63.2. The van der Waals surface area contributed by atoms with Crippen LogP contribution in [0.4, 0.5) is 0 Å². The molecule has 0 aromatic carbocycles. The van der Waals surface area contributed by atoms with E-state index in [1.54, 1.807) is 6.08 Å². The molecule has 2 fully saturated rings. The van der Waals surface area contributed by atoms with Gasteiger partial charge in [0.25, 0.3) is 0 Å². The number of amides is 1. The van der Waals surface area contributed by atoms with Gasteiger partial charge in [0.15, 0.2) is 12.6 Å². The molecule has 2 heterocycles. The summed E-state index contributed by atoms with van der Waals surface area (Å²) in [6.07, 6.45) is 84.2. The third kappa shape index (κ3) is 50.7. The molecule has 12 unspecified atom stereocenters. The Morgan fingerprint density at radius 2 is 0.700 bits per heavy atom. The lowest BCUT2D eigenvalue weighted by Gasteiger charge is -2.46. The van der Waals surface area contributed by atoms with Gasteiger partial charge >= 0.3 is 0 Å². The maximum absolute atomic E-state index is 13.4. The summed E-state index contributed by atoms with van der Waals surface area (Å²) >= 11 is 0. The monoisotopic (exact) mass is 1400 g/mol. The standard InChI is InChI=1S/C86H149NO13/c1-3-5-7-9-11-13-15-17-19-21-23-25-27-29-31-33-35-37-39-41-43-45-47-49-51-53-55-57-59-61-63-65-67-69-75(90)74(73-97-85-83(96)81(94)84(77(72-89)99-85)100-86-82(95)80(93)79(92)76(71-88)98-86)87-78(91)70-68-66-64-62-60-58-56-54-52-50-48-46-44-42-40-38-36-34-32-30-28-26-24-22-20-18-16-14-12-10-8-6-4-2/h6,8,12,14,18,20,24,26,30,32,36,38,42,44,51,53,59,61,67,69,74-77,79-86,88-90,92-96H,3-5,7,9-11,13,15-17,19,21-23,25,27-29,31,33-35,37,39-41,43,45-50,52,54-58,60,62-66,68,70-73H2,1-2H3,(H,87,91)/b8-6-,14-12-,20-18-,26-24-,32-30-,38-36-,44-42-,53-51+,61-59+,69-67+. The Kier molecular flexibility index (Phi) is 63.3. The minimum atomic E-state index is -1.80. The molecule has 0 aromatic rings. The number of hydrogen-bond acceptors (Lipinski definition) is 13. The number of carbonyl (C=O) groups excluding carboxylic acids is 1. The first kappa shape index (κ1) is 92.5. The van der Waals surface area contributed by atoms with Crippen molar-refractivity contribution in [3.8, 4) is 0 Å². The number of aliphatic hydroxyl groups is 8. The minimum absolute atomic E-state index is 0.258. The first-order chi connectivity index (χ1) is 49.1. The molecule has 2 aliphatic heterocycles. The predicted octanol–water partition coefficient (Wildman–Crippen LogP) is 18.8. The van der Waals surface area contributed by atoms with Crippen LogP contribution >= 0.6 is 0 Å². The third-order valence-electron chi connectivity index (χ3n) is 19.1. The Bertz CT molecular complexity index is 2150. The van der Waals surface area contributed by atoms with Crippen LogP contribution in [0.15, 0.2) is 122 Å². The summed E-state index contributed by atoms with van der Waals surface area (Å²) in [7, 11) is 0. The van der Waals surface area contributed by atoms with Gasteiger partial charge in [-0.05, 0) is 103 Å². The number of aliphatic hydroxyl groups excluding tert-OH is 8. The fourth-order valence-corrected chi connectivity index (χ4v) is 12.7. The summed E-state index contributed by atoms with van der Waals surface area (Å²) in [6, 6.07) is -0.950. The summed E-state index contributed by atoms with van der Waals surface area (Å²) in [5.41, 5.74) is 0. The molecule has 0 saturated carbocycles. The molecule has 100 heavy (non-hydrogen) atoms. The van der Waals surface area contributed by atoms with Crippen LogP contribution in [0.25, 0.3) is 0 Å². The van der Waals surface area contributed by atoms with Gasteiger partial charge in [0.1, 0.15) is 48.8 Å². The molecular weight excluding hydrogens is 1250 g/mol. The summed E-state index contributed by atoms with van der Waals surface area (Å²) in [5, 5.41) is 87.7. The number of hydrogen-bond donors (Lipinski definition) is 9. The first-order valence-corrected chi connectivity index (χ1v) is 40.8. The molecule has 2 saturated heterocycles. The zero-order chi connectivity index (χ0) is 72.2. The van der Waals surface area contributed by atoms with Crippen LogP contribution in [0, 0.1) is 0 Å². The van der Waals surface area contributed by atoms with Gasteiger partial charge in [0, 0.05) is 6.42 Å². The number of nitrogens with one attached hydrogen (secondary N) is 1. The molecule has 2 aliphatic rings. The summed E-state index contributed by atoms with van der Waals surface area (Å²) < 4.78 is 22.9. The number of ether oxygens (including phenoxy) is 4.